The fourth-order valence-electron chi connectivity index (χ4n) is 1.87. The zero-order valence-corrected chi connectivity index (χ0v) is 9.78. The molecule has 0 aliphatic carbocycles. The van der Waals surface area contributed by atoms with Crippen molar-refractivity contribution in [2.24, 2.45) is 5.92 Å². The van der Waals surface area contributed by atoms with E-state index in [0.29, 0.717) is 12.3 Å². The van der Waals surface area contributed by atoms with E-state index in [4.69, 9.17) is 5.11 Å². The van der Waals surface area contributed by atoms with Crippen LogP contribution in [0.25, 0.3) is 0 Å². The van der Waals surface area contributed by atoms with Gasteiger partial charge in [0.05, 0.1) is 0 Å². The topological polar surface area (TPSA) is 43.8 Å². The van der Waals surface area contributed by atoms with Crippen LogP contribution in [0.15, 0.2) is 0 Å². The number of aliphatic hydroxyl groups is 1. The molecule has 1 aliphatic heterocycles. The van der Waals surface area contributed by atoms with Gasteiger partial charge in [-0.25, -0.2) is 5.01 Å². The predicted molar refractivity (Wildman–Crippen MR) is 59.1 cm³/mol. The standard InChI is InChI=1S/C11H22N2O2/c1-10(2)9-13-11(15)5-3-6-12(13)7-4-8-14/h10,14H,3-9H2,1-2H3. The maximum Gasteiger partial charge on any atom is 0.236 e. The van der Waals surface area contributed by atoms with Gasteiger partial charge in [0.25, 0.3) is 0 Å². The molecule has 1 heterocycles. The normalized spacial score (nSPS) is 18.9. The molecule has 1 amide bonds. The van der Waals surface area contributed by atoms with Crippen LogP contribution < -0.4 is 0 Å². The number of amides is 1. The fraction of sp³-hybridized carbons (Fsp3) is 0.909. The number of nitrogens with zero attached hydrogens (tertiary/aromatic N) is 2. The second-order valence-electron chi connectivity index (χ2n) is 4.50. The Morgan fingerprint density at radius 1 is 1.47 bits per heavy atom. The van der Waals surface area contributed by atoms with Gasteiger partial charge in [0.2, 0.25) is 5.91 Å². The number of rotatable bonds is 5. The third kappa shape index (κ3) is 3.80. The Kier molecular flexibility index (Phi) is 5.05. The summed E-state index contributed by atoms with van der Waals surface area (Å²) in [7, 11) is 0. The van der Waals surface area contributed by atoms with E-state index < -0.39 is 0 Å². The van der Waals surface area contributed by atoms with Crippen LogP contribution in [0.5, 0.6) is 0 Å². The fourth-order valence-corrected chi connectivity index (χ4v) is 1.87. The van der Waals surface area contributed by atoms with E-state index in [1.807, 2.05) is 5.01 Å². The quantitative estimate of drug-likeness (QED) is 0.738. The van der Waals surface area contributed by atoms with E-state index in [2.05, 4.69) is 18.9 Å². The molecule has 1 saturated heterocycles. The van der Waals surface area contributed by atoms with Gasteiger partial charge in [0.15, 0.2) is 0 Å². The monoisotopic (exact) mass is 214 g/mol. The molecule has 0 radical (unpaired) electrons. The highest BCUT2D eigenvalue weighted by Gasteiger charge is 2.25. The molecule has 1 fully saturated rings. The lowest BCUT2D eigenvalue weighted by molar-refractivity contribution is -0.157. The Balaban J connectivity index is 2.52. The molecule has 0 bridgehead atoms. The SMILES string of the molecule is CC(C)CN1C(=O)CCCN1CCCO. The molecular weight excluding hydrogens is 192 g/mol. The minimum absolute atomic E-state index is 0.195. The van der Waals surface area contributed by atoms with E-state index in [1.165, 1.54) is 0 Å². The summed E-state index contributed by atoms with van der Waals surface area (Å²) in [6.45, 7) is 6.95. The highest BCUT2D eigenvalue weighted by atomic mass is 16.3. The van der Waals surface area contributed by atoms with E-state index in [-0.39, 0.29) is 12.5 Å². The highest BCUT2D eigenvalue weighted by molar-refractivity contribution is 5.76. The Hall–Kier alpha value is -0.610. The average Bonchev–Trinajstić information content (AvgIpc) is 2.18. The van der Waals surface area contributed by atoms with Crippen molar-refractivity contribution in [3.63, 3.8) is 0 Å². The Morgan fingerprint density at radius 3 is 2.80 bits per heavy atom. The van der Waals surface area contributed by atoms with Crippen LogP contribution in [-0.4, -0.2) is 47.3 Å². The number of hydrogen-bond acceptors (Lipinski definition) is 3. The van der Waals surface area contributed by atoms with Crippen LogP contribution in [0.3, 0.4) is 0 Å². The molecule has 0 spiro atoms. The molecule has 1 rings (SSSR count). The van der Waals surface area contributed by atoms with Crippen LogP contribution >= 0.6 is 0 Å². The summed E-state index contributed by atoms with van der Waals surface area (Å²) in [6.07, 6.45) is 2.35. The first-order valence-electron chi connectivity index (χ1n) is 5.81. The van der Waals surface area contributed by atoms with Crippen LogP contribution in [0.2, 0.25) is 0 Å². The molecule has 15 heavy (non-hydrogen) atoms. The first kappa shape index (κ1) is 12.5. The van der Waals surface area contributed by atoms with Crippen molar-refractivity contribution in [1.29, 1.82) is 0 Å². The first-order valence-corrected chi connectivity index (χ1v) is 5.81. The van der Waals surface area contributed by atoms with Crippen molar-refractivity contribution in [2.75, 3.05) is 26.2 Å². The van der Waals surface area contributed by atoms with Gasteiger partial charge in [-0.3, -0.25) is 9.80 Å². The lowest BCUT2D eigenvalue weighted by atomic mass is 10.1. The summed E-state index contributed by atoms with van der Waals surface area (Å²) in [5.41, 5.74) is 0. The summed E-state index contributed by atoms with van der Waals surface area (Å²) in [5.74, 6) is 0.719. The van der Waals surface area contributed by atoms with Gasteiger partial charge >= 0.3 is 0 Å². The number of hydrazine groups is 1. The maximum atomic E-state index is 11.7. The Bertz CT molecular complexity index is 207. The average molecular weight is 214 g/mol. The lowest BCUT2D eigenvalue weighted by Gasteiger charge is -2.39. The molecule has 88 valence electrons. The molecule has 1 aliphatic rings. The molecule has 0 aromatic rings. The first-order chi connectivity index (χ1) is 7.15. The van der Waals surface area contributed by atoms with E-state index >= 15 is 0 Å². The second kappa shape index (κ2) is 6.08. The maximum absolute atomic E-state index is 11.7. The highest BCUT2D eigenvalue weighted by Crippen LogP contribution is 2.14. The van der Waals surface area contributed by atoms with Crippen LogP contribution in [0.1, 0.15) is 33.1 Å². The van der Waals surface area contributed by atoms with Crippen molar-refractivity contribution < 1.29 is 9.90 Å². The number of aliphatic hydroxyl groups excluding tert-OH is 1. The molecule has 1 N–H and O–H groups in total. The smallest absolute Gasteiger partial charge is 0.236 e. The largest absolute Gasteiger partial charge is 0.396 e. The van der Waals surface area contributed by atoms with Gasteiger partial charge in [-0.05, 0) is 18.8 Å². The Morgan fingerprint density at radius 2 is 2.20 bits per heavy atom. The molecule has 0 aromatic carbocycles. The van der Waals surface area contributed by atoms with Crippen LogP contribution in [0.4, 0.5) is 0 Å². The summed E-state index contributed by atoms with van der Waals surface area (Å²) in [6, 6.07) is 0. The Labute approximate surface area is 91.8 Å². The van der Waals surface area contributed by atoms with E-state index in [0.717, 1.165) is 32.5 Å². The summed E-state index contributed by atoms with van der Waals surface area (Å²) in [5, 5.41) is 12.8. The number of carbonyl (C=O) groups is 1. The third-order valence-corrected chi connectivity index (χ3v) is 2.55. The van der Waals surface area contributed by atoms with Crippen LogP contribution in [-0.2, 0) is 4.79 Å². The molecular formula is C11H22N2O2. The van der Waals surface area contributed by atoms with Gasteiger partial charge < -0.3 is 5.11 Å². The molecule has 0 atom stereocenters. The molecule has 0 aromatic heterocycles. The second-order valence-corrected chi connectivity index (χ2v) is 4.50. The summed E-state index contributed by atoms with van der Waals surface area (Å²) in [4.78, 5) is 11.7. The van der Waals surface area contributed by atoms with Crippen molar-refractivity contribution in [1.82, 2.24) is 10.0 Å². The van der Waals surface area contributed by atoms with Gasteiger partial charge in [-0.1, -0.05) is 13.8 Å². The van der Waals surface area contributed by atoms with Crippen LogP contribution in [0, 0.1) is 5.92 Å². The molecule has 0 saturated carbocycles. The van der Waals surface area contributed by atoms with Gasteiger partial charge in [0, 0.05) is 32.7 Å². The summed E-state index contributed by atoms with van der Waals surface area (Å²) < 4.78 is 0. The number of hydrogen-bond donors (Lipinski definition) is 1. The molecule has 4 nitrogen and oxygen atoms in total. The van der Waals surface area contributed by atoms with Gasteiger partial charge in [0.1, 0.15) is 0 Å². The number of carbonyl (C=O) groups excluding carboxylic acids is 1. The van der Waals surface area contributed by atoms with Crippen molar-refractivity contribution >= 4 is 5.91 Å². The van der Waals surface area contributed by atoms with Gasteiger partial charge in [-0.2, -0.15) is 0 Å². The van der Waals surface area contributed by atoms with Crippen molar-refractivity contribution in [3.8, 4) is 0 Å². The molecule has 0 unspecified atom stereocenters. The minimum atomic E-state index is 0.195. The zero-order chi connectivity index (χ0) is 11.3. The summed E-state index contributed by atoms with van der Waals surface area (Å²) >= 11 is 0. The van der Waals surface area contributed by atoms with Crippen molar-refractivity contribution in [2.45, 2.75) is 33.1 Å². The predicted octanol–water partition coefficient (Wildman–Crippen LogP) is 0.864. The van der Waals surface area contributed by atoms with E-state index in [1.54, 1.807) is 0 Å². The van der Waals surface area contributed by atoms with Gasteiger partial charge in [-0.15, -0.1) is 0 Å². The lowest BCUT2D eigenvalue weighted by Crippen LogP contribution is -2.52. The van der Waals surface area contributed by atoms with E-state index in [9.17, 15) is 4.79 Å². The minimum Gasteiger partial charge on any atom is -0.396 e. The third-order valence-electron chi connectivity index (χ3n) is 2.55. The van der Waals surface area contributed by atoms with Crippen molar-refractivity contribution in [3.05, 3.63) is 0 Å². The zero-order valence-electron chi connectivity index (χ0n) is 9.78. The molecule has 4 heteroatoms.